The number of phenols is 2. The van der Waals surface area contributed by atoms with Gasteiger partial charge in [0, 0.05) is 66.1 Å². The minimum atomic E-state index is -1.78. The van der Waals surface area contributed by atoms with Crippen LogP contribution in [0.25, 0.3) is 0 Å². The zero-order valence-electron chi connectivity index (χ0n) is 25.2. The third-order valence-corrected chi connectivity index (χ3v) is 7.32. The molecule has 0 atom stereocenters. The Bertz CT molecular complexity index is 1640. The molecule has 15 nitrogen and oxygen atoms in total. The summed E-state index contributed by atoms with van der Waals surface area (Å²) in [4.78, 5) is 60.6. The third kappa shape index (κ3) is 7.74. The number of rotatable bonds is 12. The molecule has 0 bridgehead atoms. The summed E-state index contributed by atoms with van der Waals surface area (Å²) in [7, 11) is 0. The van der Waals surface area contributed by atoms with Crippen molar-refractivity contribution in [1.82, 2.24) is 9.80 Å². The largest absolute Gasteiger partial charge is 1.00 e. The van der Waals surface area contributed by atoms with Crippen LogP contribution in [-0.4, -0.2) is 86.3 Å². The Morgan fingerprint density at radius 3 is 1.57 bits per heavy atom. The fourth-order valence-electron chi connectivity index (χ4n) is 5.65. The van der Waals surface area contributed by atoms with Gasteiger partial charge in [-0.05, 0) is 18.2 Å². The number of esters is 1. The number of hydrogen-bond donors (Lipinski definition) is 4. The van der Waals surface area contributed by atoms with E-state index in [4.69, 9.17) is 9.47 Å². The molecule has 234 valence electrons. The summed E-state index contributed by atoms with van der Waals surface area (Å²) >= 11 is 0. The molecule has 5 rings (SSSR count). The normalized spacial score (nSPS) is 13.4. The summed E-state index contributed by atoms with van der Waals surface area (Å²) in [6.07, 6.45) is 0. The van der Waals surface area contributed by atoms with E-state index in [2.05, 4.69) is 0 Å². The smallest absolute Gasteiger partial charge is 0.549 e. The van der Waals surface area contributed by atoms with Crippen molar-refractivity contribution in [3.05, 3.63) is 81.9 Å². The topological polar surface area (TPSA) is 237 Å². The van der Waals surface area contributed by atoms with Gasteiger partial charge in [0.1, 0.15) is 23.0 Å². The first-order chi connectivity index (χ1) is 21.3. The monoisotopic (exact) mass is 666 g/mol. The van der Waals surface area contributed by atoms with Crippen LogP contribution in [0, 0.1) is 0 Å². The summed E-state index contributed by atoms with van der Waals surface area (Å²) in [5, 5.41) is 62.9. The second-order valence-corrected chi connectivity index (χ2v) is 10.5. The van der Waals surface area contributed by atoms with Crippen molar-refractivity contribution < 1.29 is 123 Å². The number of carboxylic acids is 4. The number of hydrogen-bond acceptors (Lipinski definition) is 13. The van der Waals surface area contributed by atoms with Crippen molar-refractivity contribution in [2.45, 2.75) is 18.7 Å². The minimum absolute atomic E-state index is 0. The van der Waals surface area contributed by atoms with Gasteiger partial charge in [-0.15, -0.1) is 0 Å². The van der Waals surface area contributed by atoms with E-state index in [1.165, 1.54) is 30.3 Å². The summed E-state index contributed by atoms with van der Waals surface area (Å²) in [6.45, 7) is -3.68. The van der Waals surface area contributed by atoms with Gasteiger partial charge in [0.05, 0.1) is 30.6 Å². The van der Waals surface area contributed by atoms with Gasteiger partial charge in [-0.3, -0.25) is 19.4 Å². The van der Waals surface area contributed by atoms with Gasteiger partial charge in [0.15, 0.2) is 5.60 Å². The van der Waals surface area contributed by atoms with E-state index in [0.29, 0.717) is 5.56 Å². The zero-order chi connectivity index (χ0) is 32.6. The van der Waals surface area contributed by atoms with Crippen LogP contribution in [0.15, 0.2) is 48.5 Å². The van der Waals surface area contributed by atoms with Crippen molar-refractivity contribution in [2.75, 3.05) is 26.2 Å². The quantitative estimate of drug-likeness (QED) is 0.104. The van der Waals surface area contributed by atoms with Crippen LogP contribution in [0.1, 0.15) is 38.2 Å². The van der Waals surface area contributed by atoms with Gasteiger partial charge >= 0.3 is 77.0 Å². The fraction of sp³-hybridized carbons (Fsp3) is 0.233. The van der Waals surface area contributed by atoms with Crippen LogP contribution in [0.3, 0.4) is 0 Å². The van der Waals surface area contributed by atoms with E-state index in [1.807, 2.05) is 0 Å². The second-order valence-electron chi connectivity index (χ2n) is 10.5. The number of nitrogens with zero attached hydrogens (tertiary/aromatic N) is 2. The molecular formula is C30H24N2Na2O13. The van der Waals surface area contributed by atoms with Gasteiger partial charge in [0.2, 0.25) is 0 Å². The molecule has 0 amide bonds. The number of aromatic hydroxyl groups is 2. The molecule has 0 fully saturated rings. The molecule has 0 aromatic heterocycles. The molecule has 2 heterocycles. The Morgan fingerprint density at radius 1 is 0.702 bits per heavy atom. The average Bonchev–Trinajstić information content (AvgIpc) is 3.22. The maximum Gasteiger partial charge on any atom is 1.00 e. The van der Waals surface area contributed by atoms with E-state index in [-0.39, 0.29) is 112 Å². The molecule has 1 spiro atoms. The third-order valence-electron chi connectivity index (χ3n) is 7.32. The Balaban J connectivity index is 0.00000300. The summed E-state index contributed by atoms with van der Waals surface area (Å²) in [6, 6.07) is 11.5. The minimum Gasteiger partial charge on any atom is -0.549 e. The van der Waals surface area contributed by atoms with Crippen molar-refractivity contribution in [2.24, 2.45) is 0 Å². The Morgan fingerprint density at radius 2 is 1.15 bits per heavy atom. The number of carbonyl (C=O) groups excluding carboxylic acids is 3. The van der Waals surface area contributed by atoms with Gasteiger partial charge in [-0.2, -0.15) is 0 Å². The second kappa shape index (κ2) is 15.0. The Kier molecular flexibility index (Phi) is 12.1. The molecule has 3 aromatic carbocycles. The number of carbonyl (C=O) groups is 5. The number of ether oxygens (including phenoxy) is 2. The molecule has 2 aliphatic rings. The van der Waals surface area contributed by atoms with Gasteiger partial charge in [-0.1, -0.05) is 18.2 Å². The molecule has 0 aliphatic carbocycles. The van der Waals surface area contributed by atoms with Crippen LogP contribution in [-0.2, 0) is 42.6 Å². The fourth-order valence-corrected chi connectivity index (χ4v) is 5.65. The predicted molar refractivity (Wildman–Crippen MR) is 144 cm³/mol. The molecule has 17 heteroatoms. The maximum absolute atomic E-state index is 13.2. The van der Waals surface area contributed by atoms with E-state index in [9.17, 15) is 54.6 Å². The molecule has 47 heavy (non-hydrogen) atoms. The number of fused-ring (bicyclic) bond motifs is 6. The number of phenolic OH excluding ortho intramolecular Hbond substituents is 2. The molecule has 4 N–H and O–H groups in total. The molecular weight excluding hydrogens is 642 g/mol. The summed E-state index contributed by atoms with van der Waals surface area (Å²) in [5.41, 5.74) is -0.818. The molecule has 0 unspecified atom stereocenters. The average molecular weight is 667 g/mol. The molecule has 3 aromatic rings. The van der Waals surface area contributed by atoms with Crippen LogP contribution in [0.4, 0.5) is 0 Å². The number of benzene rings is 3. The first-order valence-corrected chi connectivity index (χ1v) is 13.3. The number of aliphatic carboxylic acids is 4. The van der Waals surface area contributed by atoms with E-state index < -0.39 is 73.1 Å². The zero-order valence-corrected chi connectivity index (χ0v) is 29.2. The standard InChI is InChI=1S/C30H26N2O13.2Na/c33-21-7-23-19(5-15(21)9-31(11-25(35)36)12-26(37)38)30(18-4-2-1-3-17(18)29(43)45-30)20-6-16(22(34)8-24(20)44-23)10-32(13-27(39)40)14-28(41)42;;/h1-8,33-34H,9-14H2,(H,35,36)(H,37,38)(H,39,40)(H,41,42);;/q;2*+1/p-2. The van der Waals surface area contributed by atoms with Crippen molar-refractivity contribution in [1.29, 1.82) is 0 Å². The van der Waals surface area contributed by atoms with Crippen LogP contribution in [0.2, 0.25) is 0 Å². The summed E-state index contributed by atoms with van der Waals surface area (Å²) < 4.78 is 12.1. The Hall–Kier alpha value is -3.67. The van der Waals surface area contributed by atoms with Gasteiger partial charge in [-0.25, -0.2) is 4.79 Å². The van der Waals surface area contributed by atoms with Crippen molar-refractivity contribution in [3.63, 3.8) is 0 Å². The van der Waals surface area contributed by atoms with Crippen molar-refractivity contribution in [3.8, 4) is 23.0 Å². The maximum atomic E-state index is 13.2. The van der Waals surface area contributed by atoms with Crippen molar-refractivity contribution >= 4 is 29.8 Å². The SMILES string of the molecule is O=C([O-])CN(CC(=O)O)Cc1cc2c(cc1O)Oc1cc(O)c(CN(CC(=O)[O-])CC(=O)O)cc1C21OC(=O)c2ccccc21.[Na+].[Na+]. The Labute approximate surface area is 310 Å². The van der Waals surface area contributed by atoms with Crippen LogP contribution < -0.4 is 74.1 Å². The van der Waals surface area contributed by atoms with E-state index in [0.717, 1.165) is 9.80 Å². The first kappa shape index (κ1) is 37.8. The van der Waals surface area contributed by atoms with E-state index in [1.54, 1.807) is 18.2 Å². The van der Waals surface area contributed by atoms with E-state index >= 15 is 0 Å². The van der Waals surface area contributed by atoms with Gasteiger partial charge in [0.25, 0.3) is 0 Å². The van der Waals surface area contributed by atoms with Crippen LogP contribution >= 0.6 is 0 Å². The number of carboxylic acid groups (broad SMARTS) is 4. The molecule has 0 radical (unpaired) electrons. The summed E-state index contributed by atoms with van der Waals surface area (Å²) in [5.74, 6) is -7.30. The molecule has 0 saturated heterocycles. The van der Waals surface area contributed by atoms with Gasteiger partial charge < -0.3 is 49.7 Å². The predicted octanol–water partition coefficient (Wildman–Crippen LogP) is -7.05. The molecule has 2 aliphatic heterocycles. The molecule has 0 saturated carbocycles. The van der Waals surface area contributed by atoms with Crippen LogP contribution in [0.5, 0.6) is 23.0 Å². The first-order valence-electron chi connectivity index (χ1n) is 13.3.